The highest BCUT2D eigenvalue weighted by Gasteiger charge is 2.34. The highest BCUT2D eigenvalue weighted by molar-refractivity contribution is 5.81. The minimum absolute atomic E-state index is 0.115. The van der Waals surface area contributed by atoms with Crippen LogP contribution in [0.3, 0.4) is 0 Å². The summed E-state index contributed by atoms with van der Waals surface area (Å²) in [6.07, 6.45) is 5.13. The van der Waals surface area contributed by atoms with Crippen molar-refractivity contribution in [1.82, 2.24) is 29.4 Å². The van der Waals surface area contributed by atoms with Crippen molar-refractivity contribution in [1.29, 1.82) is 0 Å². The molecular weight excluding hydrogens is 471 g/mol. The van der Waals surface area contributed by atoms with E-state index in [4.69, 9.17) is 4.98 Å². The summed E-state index contributed by atoms with van der Waals surface area (Å²) in [4.78, 5) is 23.0. The highest BCUT2D eigenvalue weighted by Crippen LogP contribution is 2.45. The number of hydrogen-bond acceptors (Lipinski definition) is 8. The molecule has 0 atom stereocenters. The summed E-state index contributed by atoms with van der Waals surface area (Å²) >= 11 is 0. The average molecular weight is 503 g/mol. The molecule has 0 radical (unpaired) electrons. The Kier molecular flexibility index (Phi) is 5.80. The van der Waals surface area contributed by atoms with Crippen molar-refractivity contribution in [2.75, 3.05) is 43.4 Å². The third kappa shape index (κ3) is 4.62. The number of likely N-dealkylation sites (N-methyl/N-ethyl adjacent to an activating group) is 1. The molecule has 0 spiro atoms. The zero-order chi connectivity index (χ0) is 25.7. The molecule has 5 heterocycles. The van der Waals surface area contributed by atoms with E-state index in [2.05, 4.69) is 37.1 Å². The summed E-state index contributed by atoms with van der Waals surface area (Å²) in [6, 6.07) is 9.35. The molecule has 2 N–H and O–H groups in total. The van der Waals surface area contributed by atoms with Crippen molar-refractivity contribution in [2.45, 2.75) is 38.2 Å². The van der Waals surface area contributed by atoms with Gasteiger partial charge in [0, 0.05) is 38.3 Å². The second kappa shape index (κ2) is 9.04. The van der Waals surface area contributed by atoms with E-state index in [-0.39, 0.29) is 11.7 Å². The van der Waals surface area contributed by atoms with Crippen molar-refractivity contribution >= 4 is 28.5 Å². The average Bonchev–Trinajstić information content (AvgIpc) is 3.68. The van der Waals surface area contributed by atoms with Gasteiger partial charge in [-0.15, -0.1) is 0 Å². The predicted octanol–water partition coefficient (Wildman–Crippen LogP) is 3.95. The number of aliphatic hydroxyl groups is 1. The SMILES string of the molecule is CN1CCN(c2ccc(Nc3ncc4c(F)c(C5CC5)n(-c5cccc(C(C)(C)O)n5)c4n3)cn2)CC1. The van der Waals surface area contributed by atoms with Crippen molar-refractivity contribution in [3.8, 4) is 5.82 Å². The smallest absolute Gasteiger partial charge is 0.229 e. The summed E-state index contributed by atoms with van der Waals surface area (Å²) in [5.74, 6) is 1.62. The van der Waals surface area contributed by atoms with E-state index < -0.39 is 5.60 Å². The Bertz CT molecular complexity index is 1430. The third-order valence-electron chi connectivity index (χ3n) is 7.07. The molecule has 1 aliphatic carbocycles. The number of rotatable bonds is 6. The topological polar surface area (TPSA) is 95.2 Å². The Labute approximate surface area is 215 Å². The number of anilines is 3. The monoisotopic (exact) mass is 502 g/mol. The Hall–Kier alpha value is -3.63. The normalized spacial score (nSPS) is 16.9. The molecule has 192 valence electrons. The van der Waals surface area contributed by atoms with Crippen LogP contribution in [0, 0.1) is 5.82 Å². The lowest BCUT2D eigenvalue weighted by Crippen LogP contribution is -2.44. The summed E-state index contributed by atoms with van der Waals surface area (Å²) in [7, 11) is 2.13. The van der Waals surface area contributed by atoms with Crippen LogP contribution in [0.15, 0.2) is 42.7 Å². The summed E-state index contributed by atoms with van der Waals surface area (Å²) < 4.78 is 17.4. The van der Waals surface area contributed by atoms with Crippen molar-refractivity contribution in [3.63, 3.8) is 0 Å². The number of pyridine rings is 2. The van der Waals surface area contributed by atoms with E-state index in [9.17, 15) is 5.11 Å². The molecule has 6 rings (SSSR count). The van der Waals surface area contributed by atoms with Gasteiger partial charge in [0.1, 0.15) is 17.2 Å². The molecular formula is C27H31FN8O. The van der Waals surface area contributed by atoms with E-state index in [0.717, 1.165) is 50.5 Å². The van der Waals surface area contributed by atoms with Gasteiger partial charge in [0.15, 0.2) is 11.5 Å². The molecule has 37 heavy (non-hydrogen) atoms. The molecule has 9 nitrogen and oxygen atoms in total. The van der Waals surface area contributed by atoms with E-state index in [0.29, 0.717) is 34.2 Å². The van der Waals surface area contributed by atoms with Gasteiger partial charge in [0.2, 0.25) is 5.95 Å². The van der Waals surface area contributed by atoms with E-state index in [1.54, 1.807) is 30.7 Å². The van der Waals surface area contributed by atoms with Gasteiger partial charge in [-0.25, -0.2) is 19.3 Å². The van der Waals surface area contributed by atoms with Crippen molar-refractivity contribution < 1.29 is 9.50 Å². The zero-order valence-corrected chi connectivity index (χ0v) is 21.3. The van der Waals surface area contributed by atoms with Crippen molar-refractivity contribution in [2.24, 2.45) is 0 Å². The van der Waals surface area contributed by atoms with Gasteiger partial charge < -0.3 is 20.2 Å². The number of halogens is 1. The fourth-order valence-electron chi connectivity index (χ4n) is 4.76. The van der Waals surface area contributed by atoms with Crippen LogP contribution in [0.2, 0.25) is 0 Å². The first-order valence-electron chi connectivity index (χ1n) is 12.7. The molecule has 2 aliphatic rings. The Morgan fingerprint density at radius 1 is 0.973 bits per heavy atom. The van der Waals surface area contributed by atoms with Gasteiger partial charge in [0.25, 0.3) is 0 Å². The van der Waals surface area contributed by atoms with Gasteiger partial charge in [0.05, 0.1) is 28.7 Å². The van der Waals surface area contributed by atoms with E-state index in [1.807, 2.05) is 24.3 Å². The number of piperazine rings is 1. The largest absolute Gasteiger partial charge is 0.384 e. The van der Waals surface area contributed by atoms with Gasteiger partial charge >= 0.3 is 0 Å². The second-order valence-electron chi connectivity index (χ2n) is 10.5. The lowest BCUT2D eigenvalue weighted by Gasteiger charge is -2.33. The quantitative estimate of drug-likeness (QED) is 0.409. The molecule has 0 unspecified atom stereocenters. The lowest BCUT2D eigenvalue weighted by atomic mass is 10.1. The minimum atomic E-state index is -1.12. The molecule has 1 saturated heterocycles. The summed E-state index contributed by atoms with van der Waals surface area (Å²) in [5.41, 5.74) is 1.15. The number of fused-ring (bicyclic) bond motifs is 1. The Balaban J connectivity index is 1.34. The number of aromatic nitrogens is 5. The van der Waals surface area contributed by atoms with Gasteiger partial charge in [-0.1, -0.05) is 6.07 Å². The summed E-state index contributed by atoms with van der Waals surface area (Å²) in [5, 5.41) is 14.1. The number of nitrogens with one attached hydrogen (secondary N) is 1. The maximum Gasteiger partial charge on any atom is 0.229 e. The van der Waals surface area contributed by atoms with Gasteiger partial charge in [-0.2, -0.15) is 4.98 Å². The van der Waals surface area contributed by atoms with Gasteiger partial charge in [-0.05, 0) is 58.0 Å². The van der Waals surface area contributed by atoms with Crippen LogP contribution in [-0.4, -0.2) is 67.7 Å². The highest BCUT2D eigenvalue weighted by atomic mass is 19.1. The Morgan fingerprint density at radius 2 is 1.76 bits per heavy atom. The molecule has 2 fully saturated rings. The Morgan fingerprint density at radius 3 is 2.43 bits per heavy atom. The molecule has 4 aromatic rings. The van der Waals surface area contributed by atoms with Crippen LogP contribution in [0.25, 0.3) is 16.9 Å². The predicted molar refractivity (Wildman–Crippen MR) is 141 cm³/mol. The lowest BCUT2D eigenvalue weighted by molar-refractivity contribution is 0.0738. The maximum atomic E-state index is 15.6. The molecule has 0 bridgehead atoms. The first-order valence-corrected chi connectivity index (χ1v) is 12.7. The molecule has 0 aromatic carbocycles. The fraction of sp³-hybridized carbons (Fsp3) is 0.407. The van der Waals surface area contributed by atoms with Crippen LogP contribution >= 0.6 is 0 Å². The van der Waals surface area contributed by atoms with Crippen LogP contribution in [0.5, 0.6) is 0 Å². The number of nitrogens with zero attached hydrogens (tertiary/aromatic N) is 7. The van der Waals surface area contributed by atoms with Crippen molar-refractivity contribution in [3.05, 3.63) is 59.9 Å². The zero-order valence-electron chi connectivity index (χ0n) is 21.3. The van der Waals surface area contributed by atoms with Crippen LogP contribution in [0.1, 0.15) is 44.0 Å². The fourth-order valence-corrected chi connectivity index (χ4v) is 4.76. The van der Waals surface area contributed by atoms with Crippen LogP contribution in [0.4, 0.5) is 21.8 Å². The first kappa shape index (κ1) is 23.7. The van der Waals surface area contributed by atoms with Crippen LogP contribution < -0.4 is 10.2 Å². The molecule has 1 saturated carbocycles. The van der Waals surface area contributed by atoms with Crippen LogP contribution in [-0.2, 0) is 5.60 Å². The second-order valence-corrected chi connectivity index (χ2v) is 10.5. The number of hydrogen-bond donors (Lipinski definition) is 2. The summed E-state index contributed by atoms with van der Waals surface area (Å²) in [6.45, 7) is 7.30. The maximum absolute atomic E-state index is 15.6. The standard InChI is InChI=1S/C27H31FN8O/c1-27(2,37)20-5-4-6-22(32-20)36-24(17-7-8-17)23(28)19-16-30-26(33-25(19)36)31-18-9-10-21(29-15-18)35-13-11-34(3)12-14-35/h4-6,9-10,15-17,37H,7-8,11-14H2,1-3H3,(H,30,31,33). The first-order chi connectivity index (χ1) is 17.8. The molecule has 4 aromatic heterocycles. The third-order valence-corrected chi connectivity index (χ3v) is 7.07. The van der Waals surface area contributed by atoms with E-state index >= 15 is 4.39 Å². The van der Waals surface area contributed by atoms with Gasteiger partial charge in [-0.3, -0.25) is 4.57 Å². The minimum Gasteiger partial charge on any atom is -0.384 e. The molecule has 10 heteroatoms. The molecule has 0 amide bonds. The van der Waals surface area contributed by atoms with E-state index in [1.165, 1.54) is 6.20 Å². The molecule has 1 aliphatic heterocycles.